The van der Waals surface area contributed by atoms with Crippen LogP contribution >= 0.6 is 0 Å². The molecule has 3 aromatic carbocycles. The molecule has 0 spiro atoms. The van der Waals surface area contributed by atoms with Crippen LogP contribution in [0, 0.1) is 6.92 Å². The van der Waals surface area contributed by atoms with Crippen LogP contribution in [0.25, 0.3) is 10.9 Å². The summed E-state index contributed by atoms with van der Waals surface area (Å²) in [5.41, 5.74) is 3.78. The lowest BCUT2D eigenvalue weighted by molar-refractivity contribution is 0.0512. The lowest BCUT2D eigenvalue weighted by atomic mass is 10.2. The molecule has 4 aromatic rings. The highest BCUT2D eigenvalue weighted by Gasteiger charge is 2.15. The number of benzene rings is 3. The van der Waals surface area contributed by atoms with Crippen LogP contribution in [0.5, 0.6) is 0 Å². The number of ether oxygens (including phenoxy) is 1. The number of esters is 1. The predicted octanol–water partition coefficient (Wildman–Crippen LogP) is 5.50. The van der Waals surface area contributed by atoms with Gasteiger partial charge in [-0.15, -0.1) is 0 Å². The van der Waals surface area contributed by atoms with Gasteiger partial charge in [-0.3, -0.25) is 0 Å². The molecule has 0 unspecified atom stereocenters. The number of para-hydroxylation sites is 1. The Morgan fingerprint density at radius 3 is 2.33 bits per heavy atom. The van der Waals surface area contributed by atoms with E-state index in [9.17, 15) is 9.59 Å². The van der Waals surface area contributed by atoms with E-state index < -0.39 is 5.97 Å². The van der Waals surface area contributed by atoms with Gasteiger partial charge in [0.1, 0.15) is 5.82 Å². The average molecular weight is 441 g/mol. The van der Waals surface area contributed by atoms with Gasteiger partial charge in [0.25, 0.3) is 0 Å². The number of urea groups is 1. The molecule has 0 saturated carbocycles. The highest BCUT2D eigenvalue weighted by atomic mass is 16.5. The summed E-state index contributed by atoms with van der Waals surface area (Å²) in [6.45, 7) is 3.93. The van der Waals surface area contributed by atoms with E-state index in [-0.39, 0.29) is 18.5 Å². The third-order valence-corrected chi connectivity index (χ3v) is 4.74. The number of hydrogen-bond acceptors (Lipinski definition) is 6. The van der Waals surface area contributed by atoms with Crippen LogP contribution in [0.1, 0.15) is 23.1 Å². The van der Waals surface area contributed by atoms with Crippen LogP contribution in [-0.4, -0.2) is 28.6 Å². The molecule has 2 amide bonds. The summed E-state index contributed by atoms with van der Waals surface area (Å²) in [7, 11) is 0. The number of amides is 2. The average Bonchev–Trinajstić information content (AvgIpc) is 2.80. The van der Waals surface area contributed by atoms with E-state index in [4.69, 9.17) is 4.74 Å². The van der Waals surface area contributed by atoms with Crippen molar-refractivity contribution < 1.29 is 14.3 Å². The Labute approximate surface area is 191 Å². The van der Waals surface area contributed by atoms with Gasteiger partial charge in [-0.1, -0.05) is 24.3 Å². The number of nitrogens with one attached hydrogen (secondary N) is 3. The largest absolute Gasteiger partial charge is 0.460 e. The molecule has 1 heterocycles. The number of fused-ring (bicyclic) bond motifs is 1. The van der Waals surface area contributed by atoms with E-state index in [0.29, 0.717) is 17.0 Å². The van der Waals surface area contributed by atoms with Crippen LogP contribution in [0.4, 0.5) is 27.7 Å². The molecular formula is C25H23N5O3. The number of rotatable bonds is 6. The summed E-state index contributed by atoms with van der Waals surface area (Å²) in [6, 6.07) is 21.8. The van der Waals surface area contributed by atoms with Crippen molar-refractivity contribution in [3.63, 3.8) is 0 Å². The first kappa shape index (κ1) is 21.8. The molecule has 0 saturated heterocycles. The molecule has 0 aliphatic heterocycles. The van der Waals surface area contributed by atoms with Crippen molar-refractivity contribution in [2.24, 2.45) is 0 Å². The van der Waals surface area contributed by atoms with Crippen molar-refractivity contribution in [3.05, 3.63) is 84.2 Å². The molecule has 0 atom stereocenters. The lowest BCUT2D eigenvalue weighted by Crippen LogP contribution is -2.19. The van der Waals surface area contributed by atoms with Crippen LogP contribution < -0.4 is 16.0 Å². The number of carbonyl (C=O) groups is 2. The van der Waals surface area contributed by atoms with Gasteiger partial charge in [0, 0.05) is 22.4 Å². The third kappa shape index (κ3) is 5.43. The molecule has 33 heavy (non-hydrogen) atoms. The lowest BCUT2D eigenvalue weighted by Gasteiger charge is -2.12. The Kier molecular flexibility index (Phi) is 6.45. The van der Waals surface area contributed by atoms with E-state index in [1.54, 1.807) is 19.1 Å². The highest BCUT2D eigenvalue weighted by molar-refractivity contribution is 6.00. The van der Waals surface area contributed by atoms with Crippen molar-refractivity contribution >= 4 is 45.8 Å². The molecule has 0 fully saturated rings. The summed E-state index contributed by atoms with van der Waals surface area (Å²) in [5.74, 6) is -0.101. The standard InChI is InChI=1S/C25H23N5O3/c1-3-33-24(31)23-29-21-10-5-4-9-20(21)22(30-23)26-17-11-13-18(14-12-17)27-25(32)28-19-8-6-7-16(2)15-19/h4-15H,3H2,1-2H3,(H,26,29,30)(H2,27,28,32). The van der Waals surface area contributed by atoms with E-state index in [2.05, 4.69) is 25.9 Å². The second-order valence-electron chi connectivity index (χ2n) is 7.28. The number of nitrogens with zero attached hydrogens (tertiary/aromatic N) is 2. The maximum Gasteiger partial charge on any atom is 0.376 e. The van der Waals surface area contributed by atoms with Crippen molar-refractivity contribution in [2.75, 3.05) is 22.6 Å². The van der Waals surface area contributed by atoms with Gasteiger partial charge in [-0.25, -0.2) is 19.6 Å². The van der Waals surface area contributed by atoms with Gasteiger partial charge in [-0.2, -0.15) is 0 Å². The van der Waals surface area contributed by atoms with Crippen LogP contribution in [0.3, 0.4) is 0 Å². The molecule has 0 radical (unpaired) electrons. The second-order valence-corrected chi connectivity index (χ2v) is 7.28. The van der Waals surface area contributed by atoms with Crippen LogP contribution in [0.2, 0.25) is 0 Å². The Bertz CT molecular complexity index is 1310. The first-order chi connectivity index (χ1) is 16.0. The highest BCUT2D eigenvalue weighted by Crippen LogP contribution is 2.25. The Balaban J connectivity index is 1.49. The fraction of sp³-hybridized carbons (Fsp3) is 0.120. The summed E-state index contributed by atoms with van der Waals surface area (Å²) in [4.78, 5) is 33.1. The Morgan fingerprint density at radius 2 is 1.58 bits per heavy atom. The zero-order chi connectivity index (χ0) is 23.2. The van der Waals surface area contributed by atoms with Crippen molar-refractivity contribution in [1.82, 2.24) is 9.97 Å². The van der Waals surface area contributed by atoms with E-state index in [1.165, 1.54) is 0 Å². The number of aromatic nitrogens is 2. The summed E-state index contributed by atoms with van der Waals surface area (Å²) < 4.78 is 5.05. The van der Waals surface area contributed by atoms with Crippen LogP contribution in [-0.2, 0) is 4.74 Å². The van der Waals surface area contributed by atoms with Gasteiger partial charge >= 0.3 is 12.0 Å². The van der Waals surface area contributed by atoms with E-state index in [1.807, 2.05) is 67.6 Å². The summed E-state index contributed by atoms with van der Waals surface area (Å²) >= 11 is 0. The number of aryl methyl sites for hydroxylation is 1. The molecular weight excluding hydrogens is 418 g/mol. The molecule has 0 aliphatic rings. The maximum absolute atomic E-state index is 12.3. The molecule has 0 aliphatic carbocycles. The monoisotopic (exact) mass is 441 g/mol. The zero-order valence-corrected chi connectivity index (χ0v) is 18.3. The summed E-state index contributed by atoms with van der Waals surface area (Å²) in [6.07, 6.45) is 0. The second kappa shape index (κ2) is 9.78. The SMILES string of the molecule is CCOC(=O)c1nc(Nc2ccc(NC(=O)Nc3cccc(C)c3)cc2)c2ccccc2n1. The Morgan fingerprint density at radius 1 is 0.848 bits per heavy atom. The third-order valence-electron chi connectivity index (χ3n) is 4.74. The first-order valence-electron chi connectivity index (χ1n) is 10.5. The molecule has 3 N–H and O–H groups in total. The van der Waals surface area contributed by atoms with Gasteiger partial charge in [-0.05, 0) is 67.9 Å². The fourth-order valence-electron chi connectivity index (χ4n) is 3.25. The fourth-order valence-corrected chi connectivity index (χ4v) is 3.25. The Hall–Kier alpha value is -4.46. The van der Waals surface area contributed by atoms with E-state index >= 15 is 0 Å². The minimum absolute atomic E-state index is 0.0100. The number of hydrogen-bond donors (Lipinski definition) is 3. The smallest absolute Gasteiger partial charge is 0.376 e. The van der Waals surface area contributed by atoms with Crippen molar-refractivity contribution in [1.29, 1.82) is 0 Å². The summed E-state index contributed by atoms with van der Waals surface area (Å²) in [5, 5.41) is 9.60. The van der Waals surface area contributed by atoms with E-state index in [0.717, 1.165) is 22.3 Å². The first-order valence-corrected chi connectivity index (χ1v) is 10.5. The van der Waals surface area contributed by atoms with Gasteiger partial charge in [0.05, 0.1) is 12.1 Å². The number of carbonyl (C=O) groups excluding carboxylic acids is 2. The molecule has 0 bridgehead atoms. The minimum Gasteiger partial charge on any atom is -0.460 e. The maximum atomic E-state index is 12.3. The minimum atomic E-state index is -0.578. The quantitative estimate of drug-likeness (QED) is 0.341. The molecule has 8 heteroatoms. The normalized spacial score (nSPS) is 10.5. The topological polar surface area (TPSA) is 105 Å². The predicted molar refractivity (Wildman–Crippen MR) is 129 cm³/mol. The molecule has 1 aromatic heterocycles. The van der Waals surface area contributed by atoms with Crippen molar-refractivity contribution in [3.8, 4) is 0 Å². The van der Waals surface area contributed by atoms with Gasteiger partial charge < -0.3 is 20.7 Å². The zero-order valence-electron chi connectivity index (χ0n) is 18.3. The number of anilines is 4. The van der Waals surface area contributed by atoms with Crippen LogP contribution in [0.15, 0.2) is 72.8 Å². The molecule has 8 nitrogen and oxygen atoms in total. The molecule has 4 rings (SSSR count). The molecule has 166 valence electrons. The van der Waals surface area contributed by atoms with Gasteiger partial charge in [0.2, 0.25) is 5.82 Å². The van der Waals surface area contributed by atoms with Crippen molar-refractivity contribution in [2.45, 2.75) is 13.8 Å². The van der Waals surface area contributed by atoms with Gasteiger partial charge in [0.15, 0.2) is 0 Å².